The van der Waals surface area contributed by atoms with Gasteiger partial charge in [-0.25, -0.2) is 4.98 Å². The van der Waals surface area contributed by atoms with Crippen LogP contribution >= 0.6 is 0 Å². The van der Waals surface area contributed by atoms with E-state index in [0.29, 0.717) is 12.1 Å². The maximum atomic E-state index is 4.85. The Morgan fingerprint density at radius 1 is 1.37 bits per heavy atom. The molecule has 0 spiro atoms. The fraction of sp³-hybridized carbons (Fsp3) is 0.562. The molecular weight excluding hydrogens is 234 g/mol. The van der Waals surface area contributed by atoms with Gasteiger partial charge in [0.05, 0.1) is 11.0 Å². The highest BCUT2D eigenvalue weighted by molar-refractivity contribution is 5.77. The van der Waals surface area contributed by atoms with Gasteiger partial charge in [0.2, 0.25) is 0 Å². The minimum atomic E-state index is 0.543. The van der Waals surface area contributed by atoms with Crippen LogP contribution in [-0.2, 0) is 6.42 Å². The molecule has 0 atom stereocenters. The molecule has 0 unspecified atom stereocenters. The average molecular weight is 257 g/mol. The maximum Gasteiger partial charge on any atom is 0.111 e. The maximum absolute atomic E-state index is 4.85. The summed E-state index contributed by atoms with van der Waals surface area (Å²) in [5.74, 6) is 1.25. The van der Waals surface area contributed by atoms with Crippen LogP contribution in [0.3, 0.4) is 0 Å². The standard InChI is InChI=1S/C16H23N3/c1-11(2)17-9-8-16-18-14-10-12(3)4-7-15(14)19(16)13-5-6-13/h4,7,10-11,13,17H,5-6,8-9H2,1-3H3. The van der Waals surface area contributed by atoms with Crippen LogP contribution in [0, 0.1) is 6.92 Å². The van der Waals surface area contributed by atoms with Crippen molar-refractivity contribution < 1.29 is 0 Å². The Morgan fingerprint density at radius 3 is 2.84 bits per heavy atom. The number of hydrogen-bond acceptors (Lipinski definition) is 2. The van der Waals surface area contributed by atoms with Crippen molar-refractivity contribution in [2.75, 3.05) is 6.54 Å². The molecule has 0 aliphatic heterocycles. The molecule has 3 heteroatoms. The summed E-state index contributed by atoms with van der Waals surface area (Å²) in [6.45, 7) is 7.52. The molecule has 0 bridgehead atoms. The monoisotopic (exact) mass is 257 g/mol. The Hall–Kier alpha value is -1.35. The molecule has 1 saturated carbocycles. The molecule has 2 aromatic rings. The van der Waals surface area contributed by atoms with Gasteiger partial charge >= 0.3 is 0 Å². The Balaban J connectivity index is 1.91. The zero-order chi connectivity index (χ0) is 13.4. The van der Waals surface area contributed by atoms with Crippen LogP contribution in [0.25, 0.3) is 11.0 Å². The average Bonchev–Trinajstić information content (AvgIpc) is 3.11. The van der Waals surface area contributed by atoms with E-state index in [1.807, 2.05) is 0 Å². The fourth-order valence-corrected chi connectivity index (χ4v) is 2.65. The third-order valence-corrected chi connectivity index (χ3v) is 3.73. The Labute approximate surface area is 115 Å². The summed E-state index contributed by atoms with van der Waals surface area (Å²) in [4.78, 5) is 4.85. The number of rotatable bonds is 5. The predicted octanol–water partition coefficient (Wildman–Crippen LogP) is 3.22. The number of nitrogens with one attached hydrogen (secondary N) is 1. The van der Waals surface area contributed by atoms with E-state index in [4.69, 9.17) is 4.98 Å². The summed E-state index contributed by atoms with van der Waals surface area (Å²) >= 11 is 0. The molecule has 1 aromatic carbocycles. The van der Waals surface area contributed by atoms with Crippen LogP contribution in [-0.4, -0.2) is 22.1 Å². The van der Waals surface area contributed by atoms with E-state index < -0.39 is 0 Å². The molecule has 0 amide bonds. The van der Waals surface area contributed by atoms with Crippen LogP contribution in [0.2, 0.25) is 0 Å². The lowest BCUT2D eigenvalue weighted by Crippen LogP contribution is -2.25. The van der Waals surface area contributed by atoms with E-state index in [1.54, 1.807) is 0 Å². The minimum absolute atomic E-state index is 0.543. The van der Waals surface area contributed by atoms with E-state index in [1.165, 1.54) is 29.7 Å². The van der Waals surface area contributed by atoms with Gasteiger partial charge in [0, 0.05) is 25.0 Å². The van der Waals surface area contributed by atoms with Gasteiger partial charge in [0.25, 0.3) is 0 Å². The van der Waals surface area contributed by atoms with Gasteiger partial charge in [-0.2, -0.15) is 0 Å². The van der Waals surface area contributed by atoms with Gasteiger partial charge < -0.3 is 9.88 Å². The normalized spacial score (nSPS) is 15.6. The summed E-state index contributed by atoms with van der Waals surface area (Å²) in [7, 11) is 0. The zero-order valence-electron chi connectivity index (χ0n) is 12.1. The van der Waals surface area contributed by atoms with Crippen molar-refractivity contribution in [2.24, 2.45) is 0 Å². The topological polar surface area (TPSA) is 29.9 Å². The molecule has 3 rings (SSSR count). The van der Waals surface area contributed by atoms with Gasteiger partial charge in [-0.1, -0.05) is 19.9 Å². The van der Waals surface area contributed by atoms with Crippen LogP contribution in [0.15, 0.2) is 18.2 Å². The Kier molecular flexibility index (Phi) is 3.31. The van der Waals surface area contributed by atoms with Crippen LogP contribution in [0.1, 0.15) is 44.1 Å². The smallest absolute Gasteiger partial charge is 0.111 e. The van der Waals surface area contributed by atoms with E-state index >= 15 is 0 Å². The van der Waals surface area contributed by atoms with E-state index in [-0.39, 0.29) is 0 Å². The molecule has 1 aliphatic carbocycles. The van der Waals surface area contributed by atoms with E-state index in [2.05, 4.69) is 48.9 Å². The first kappa shape index (κ1) is 12.7. The molecule has 1 aromatic heterocycles. The van der Waals surface area contributed by atoms with Gasteiger partial charge in [-0.05, 0) is 37.5 Å². The van der Waals surface area contributed by atoms with Gasteiger partial charge in [-0.15, -0.1) is 0 Å². The van der Waals surface area contributed by atoms with Crippen molar-refractivity contribution in [3.63, 3.8) is 0 Å². The second-order valence-corrected chi connectivity index (χ2v) is 5.98. The molecule has 0 saturated heterocycles. The lowest BCUT2D eigenvalue weighted by molar-refractivity contribution is 0.571. The molecule has 102 valence electrons. The number of aryl methyl sites for hydroxylation is 1. The number of imidazole rings is 1. The molecule has 1 heterocycles. The highest BCUT2D eigenvalue weighted by atomic mass is 15.1. The highest BCUT2D eigenvalue weighted by Crippen LogP contribution is 2.38. The van der Waals surface area contributed by atoms with Crippen molar-refractivity contribution >= 4 is 11.0 Å². The van der Waals surface area contributed by atoms with Crippen molar-refractivity contribution in [3.05, 3.63) is 29.6 Å². The molecule has 1 N–H and O–H groups in total. The third kappa shape index (κ3) is 2.66. The molecular formula is C16H23N3. The van der Waals surface area contributed by atoms with Gasteiger partial charge in [0.1, 0.15) is 5.82 Å². The molecule has 0 radical (unpaired) electrons. The molecule has 1 aliphatic rings. The summed E-state index contributed by atoms with van der Waals surface area (Å²) in [6.07, 6.45) is 3.64. The minimum Gasteiger partial charge on any atom is -0.325 e. The van der Waals surface area contributed by atoms with E-state index in [0.717, 1.165) is 18.5 Å². The lowest BCUT2D eigenvalue weighted by Gasteiger charge is -2.10. The largest absolute Gasteiger partial charge is 0.325 e. The third-order valence-electron chi connectivity index (χ3n) is 3.73. The first-order valence-electron chi connectivity index (χ1n) is 7.36. The summed E-state index contributed by atoms with van der Waals surface area (Å²) in [6, 6.07) is 7.87. The van der Waals surface area contributed by atoms with Gasteiger partial charge in [-0.3, -0.25) is 0 Å². The van der Waals surface area contributed by atoms with Crippen LogP contribution < -0.4 is 5.32 Å². The van der Waals surface area contributed by atoms with Crippen molar-refractivity contribution in [3.8, 4) is 0 Å². The second-order valence-electron chi connectivity index (χ2n) is 5.98. The highest BCUT2D eigenvalue weighted by Gasteiger charge is 2.27. The van der Waals surface area contributed by atoms with Crippen LogP contribution in [0.5, 0.6) is 0 Å². The first-order valence-corrected chi connectivity index (χ1v) is 7.36. The second kappa shape index (κ2) is 4.97. The summed E-state index contributed by atoms with van der Waals surface area (Å²) < 4.78 is 2.47. The van der Waals surface area contributed by atoms with Gasteiger partial charge in [0.15, 0.2) is 0 Å². The summed E-state index contributed by atoms with van der Waals surface area (Å²) in [5, 5.41) is 3.48. The Bertz CT molecular complexity index is 579. The Morgan fingerprint density at radius 2 is 2.16 bits per heavy atom. The number of nitrogens with zero attached hydrogens (tertiary/aromatic N) is 2. The zero-order valence-corrected chi connectivity index (χ0v) is 12.1. The molecule has 1 fully saturated rings. The number of hydrogen-bond donors (Lipinski definition) is 1. The quantitative estimate of drug-likeness (QED) is 0.891. The van der Waals surface area contributed by atoms with Crippen molar-refractivity contribution in [2.45, 2.75) is 52.1 Å². The number of aromatic nitrogens is 2. The predicted molar refractivity (Wildman–Crippen MR) is 79.6 cm³/mol. The number of benzene rings is 1. The SMILES string of the molecule is Cc1ccc2c(c1)nc(CCNC(C)C)n2C1CC1. The number of fused-ring (bicyclic) bond motifs is 1. The van der Waals surface area contributed by atoms with E-state index in [9.17, 15) is 0 Å². The lowest BCUT2D eigenvalue weighted by atomic mass is 10.2. The van der Waals surface area contributed by atoms with Crippen LogP contribution in [0.4, 0.5) is 0 Å². The summed E-state index contributed by atoms with van der Waals surface area (Å²) in [5.41, 5.74) is 3.76. The fourth-order valence-electron chi connectivity index (χ4n) is 2.65. The first-order chi connectivity index (χ1) is 9.15. The molecule has 3 nitrogen and oxygen atoms in total. The molecule has 19 heavy (non-hydrogen) atoms. The van der Waals surface area contributed by atoms with Crippen molar-refractivity contribution in [1.82, 2.24) is 14.9 Å². The van der Waals surface area contributed by atoms with Crippen molar-refractivity contribution in [1.29, 1.82) is 0 Å².